The normalized spacial score (nSPS) is 17.3. The van der Waals surface area contributed by atoms with Gasteiger partial charge in [-0.1, -0.05) is 0 Å². The molecule has 0 aromatic carbocycles. The van der Waals surface area contributed by atoms with Crippen LogP contribution in [0.5, 0.6) is 0 Å². The maximum atomic E-state index is 10.1. The first-order valence-electron chi connectivity index (χ1n) is 3.32. The van der Waals surface area contributed by atoms with E-state index in [1.807, 2.05) is 0 Å². The Bertz CT molecular complexity index is 198. The van der Waals surface area contributed by atoms with Gasteiger partial charge in [-0.25, -0.2) is 4.79 Å². The minimum Gasteiger partial charge on any atom is -0.870 e. The van der Waals surface area contributed by atoms with Gasteiger partial charge >= 0.3 is 57.4 Å². The van der Waals surface area contributed by atoms with Crippen LogP contribution in [0.4, 0.5) is 0 Å². The number of carbonyl (C=O) groups excluding carboxylic acids is 1. The summed E-state index contributed by atoms with van der Waals surface area (Å²) in [7, 11) is 0. The van der Waals surface area contributed by atoms with Crippen LogP contribution in [0.1, 0.15) is 0 Å². The third-order valence-electron chi connectivity index (χ3n) is 1.42. The van der Waals surface area contributed by atoms with Gasteiger partial charge in [-0.3, -0.25) is 0 Å². The van der Waals surface area contributed by atoms with Crippen molar-refractivity contribution in [1.29, 1.82) is 0 Å². The molecule has 15 heavy (non-hydrogen) atoms. The Morgan fingerprint density at radius 3 is 1.73 bits per heavy atom. The number of carbonyl (C=O) groups is 2. The van der Waals surface area contributed by atoms with Crippen molar-refractivity contribution < 1.29 is 92.0 Å². The summed E-state index contributed by atoms with van der Waals surface area (Å²) in [6.07, 6.45) is -8.39. The summed E-state index contributed by atoms with van der Waals surface area (Å²) in [6, 6.07) is 0. The zero-order chi connectivity index (χ0) is 10.6. The topological polar surface area (TPSA) is 165 Å². The third-order valence-corrected chi connectivity index (χ3v) is 1.42. The molecule has 84 valence electrons. The largest absolute Gasteiger partial charge is 1.00 e. The molecule has 9 heteroatoms. The molecule has 0 saturated heterocycles. The number of hydrogen-bond acceptors (Lipinski definition) is 7. The SMILES string of the molecule is O=C[C@H](O)[C@@H](O)[C@H](O)[C@H](O)C(=O)O.[K+].[OH-]. The molecule has 6 N–H and O–H groups in total. The Morgan fingerprint density at radius 2 is 1.47 bits per heavy atom. The number of aliphatic carboxylic acids is 1. The molecule has 0 aromatic heterocycles. The van der Waals surface area contributed by atoms with Gasteiger partial charge in [-0.15, -0.1) is 0 Å². The third kappa shape index (κ3) is 6.68. The zero-order valence-electron chi connectivity index (χ0n) is 7.89. The Morgan fingerprint density at radius 1 is 1.07 bits per heavy atom. The smallest absolute Gasteiger partial charge is 0.870 e. The molecule has 0 saturated carbocycles. The number of aliphatic hydroxyl groups is 4. The second-order valence-corrected chi connectivity index (χ2v) is 2.39. The molecule has 0 bridgehead atoms. The number of hydrogen-bond donors (Lipinski definition) is 5. The van der Waals surface area contributed by atoms with Gasteiger partial charge in [0.25, 0.3) is 0 Å². The van der Waals surface area contributed by atoms with Crippen LogP contribution in [0.15, 0.2) is 0 Å². The number of rotatable bonds is 5. The van der Waals surface area contributed by atoms with Gasteiger partial charge < -0.3 is 35.8 Å². The van der Waals surface area contributed by atoms with Gasteiger partial charge in [0.1, 0.15) is 18.3 Å². The summed E-state index contributed by atoms with van der Waals surface area (Å²) in [5.41, 5.74) is 0. The Labute approximate surface area is 127 Å². The van der Waals surface area contributed by atoms with E-state index < -0.39 is 30.4 Å². The molecule has 8 nitrogen and oxygen atoms in total. The van der Waals surface area contributed by atoms with E-state index in [4.69, 9.17) is 25.5 Å². The molecule has 0 spiro atoms. The molecule has 0 aliphatic rings. The van der Waals surface area contributed by atoms with Crippen molar-refractivity contribution in [3.05, 3.63) is 0 Å². The monoisotopic (exact) mass is 250 g/mol. The Balaban J connectivity index is -0.000000720. The van der Waals surface area contributed by atoms with E-state index in [2.05, 4.69) is 0 Å². The molecule has 0 radical (unpaired) electrons. The van der Waals surface area contributed by atoms with Crippen molar-refractivity contribution in [1.82, 2.24) is 0 Å². The number of aldehydes is 1. The second-order valence-electron chi connectivity index (χ2n) is 2.39. The van der Waals surface area contributed by atoms with E-state index in [1.54, 1.807) is 0 Å². The van der Waals surface area contributed by atoms with Crippen LogP contribution in [0.3, 0.4) is 0 Å². The fourth-order valence-corrected chi connectivity index (χ4v) is 0.615. The maximum absolute atomic E-state index is 10.1. The summed E-state index contributed by atoms with van der Waals surface area (Å²) in [6.45, 7) is 0. The summed E-state index contributed by atoms with van der Waals surface area (Å²) in [5.74, 6) is -1.76. The molecule has 0 aliphatic carbocycles. The first-order chi connectivity index (χ1) is 5.91. The van der Waals surface area contributed by atoms with Crippen molar-refractivity contribution in [2.24, 2.45) is 0 Å². The molecule has 0 fully saturated rings. The van der Waals surface area contributed by atoms with Gasteiger partial charge in [0, 0.05) is 0 Å². The predicted molar refractivity (Wildman–Crippen MR) is 39.7 cm³/mol. The predicted octanol–water partition coefficient (Wildman–Crippen LogP) is -6.46. The van der Waals surface area contributed by atoms with Gasteiger partial charge in [-0.05, 0) is 0 Å². The summed E-state index contributed by atoms with van der Waals surface area (Å²) >= 11 is 0. The molecule has 0 heterocycles. The van der Waals surface area contributed by atoms with E-state index in [-0.39, 0.29) is 63.1 Å². The standard InChI is InChI=1S/C6H10O7.K.H2O/c7-1-2(8)3(9)4(10)5(11)6(12)13;;/h1-5,8-11H,(H,12,13);;1H2/q;+1;/p-1/t2-,3+,4-,5-;;/m0../s1. The molecular weight excluding hydrogens is 239 g/mol. The quantitative estimate of drug-likeness (QED) is 0.237. The number of aliphatic hydroxyl groups excluding tert-OH is 4. The van der Waals surface area contributed by atoms with Gasteiger partial charge in [0.15, 0.2) is 12.4 Å². The molecule has 0 aromatic rings. The molecule has 0 rings (SSSR count). The van der Waals surface area contributed by atoms with Crippen molar-refractivity contribution in [2.75, 3.05) is 0 Å². The van der Waals surface area contributed by atoms with Gasteiger partial charge in [0.2, 0.25) is 0 Å². The molecule has 0 aliphatic heterocycles. The van der Waals surface area contributed by atoms with Crippen LogP contribution < -0.4 is 51.4 Å². The molecule has 0 unspecified atom stereocenters. The van der Waals surface area contributed by atoms with Crippen LogP contribution in [-0.2, 0) is 9.59 Å². The second kappa shape index (κ2) is 9.78. The van der Waals surface area contributed by atoms with Crippen molar-refractivity contribution in [2.45, 2.75) is 24.4 Å². The first-order valence-corrected chi connectivity index (χ1v) is 3.32. The van der Waals surface area contributed by atoms with E-state index in [0.717, 1.165) is 0 Å². The van der Waals surface area contributed by atoms with Crippen LogP contribution in [-0.4, -0.2) is 67.7 Å². The minimum absolute atomic E-state index is 0. The summed E-state index contributed by atoms with van der Waals surface area (Å²) in [5, 5.41) is 43.2. The molecular formula is C6H11KO8. The number of carboxylic acid groups (broad SMARTS) is 1. The van der Waals surface area contributed by atoms with Crippen molar-refractivity contribution >= 4 is 12.3 Å². The summed E-state index contributed by atoms with van der Waals surface area (Å²) < 4.78 is 0. The van der Waals surface area contributed by atoms with Crippen molar-refractivity contribution in [3.63, 3.8) is 0 Å². The Kier molecular flexibility index (Phi) is 13.6. The van der Waals surface area contributed by atoms with Crippen molar-refractivity contribution in [3.8, 4) is 0 Å². The maximum Gasteiger partial charge on any atom is 1.00 e. The zero-order valence-corrected chi connectivity index (χ0v) is 11.0. The first kappa shape index (κ1) is 20.9. The van der Waals surface area contributed by atoms with Crippen LogP contribution in [0, 0.1) is 0 Å². The van der Waals surface area contributed by atoms with E-state index in [1.165, 1.54) is 0 Å². The van der Waals surface area contributed by atoms with E-state index in [0.29, 0.717) is 0 Å². The molecule has 0 amide bonds. The van der Waals surface area contributed by atoms with Gasteiger partial charge in [-0.2, -0.15) is 0 Å². The van der Waals surface area contributed by atoms with Crippen LogP contribution in [0.2, 0.25) is 0 Å². The fourth-order valence-electron chi connectivity index (χ4n) is 0.615. The van der Waals surface area contributed by atoms with Crippen LogP contribution >= 0.6 is 0 Å². The molecule has 4 atom stereocenters. The average Bonchev–Trinajstić information content (AvgIpc) is 2.12. The average molecular weight is 250 g/mol. The fraction of sp³-hybridized carbons (Fsp3) is 0.667. The van der Waals surface area contributed by atoms with Crippen LogP contribution in [0.25, 0.3) is 0 Å². The summed E-state index contributed by atoms with van der Waals surface area (Å²) in [4.78, 5) is 20.0. The van der Waals surface area contributed by atoms with E-state index in [9.17, 15) is 9.59 Å². The Hall–Kier alpha value is 0.576. The number of carboxylic acids is 1. The van der Waals surface area contributed by atoms with Gasteiger partial charge in [0.05, 0.1) is 0 Å². The minimum atomic E-state index is -2.25. The van der Waals surface area contributed by atoms with E-state index >= 15 is 0 Å².